The number of benzene rings is 2. The monoisotopic (exact) mass is 248 g/mol. The first-order valence-electron chi connectivity index (χ1n) is 5.96. The molecule has 98 valence electrons. The Morgan fingerprint density at radius 3 is 1.33 bits per heavy atom. The van der Waals surface area contributed by atoms with Crippen molar-refractivity contribution in [2.75, 3.05) is 0 Å². The number of carboxylic acids is 1. The predicted octanol–water partition coefficient (Wildman–Crippen LogP) is 3.32. The van der Waals surface area contributed by atoms with Crippen LogP contribution in [-0.4, -0.2) is 22.3 Å². The summed E-state index contributed by atoms with van der Waals surface area (Å²) in [7, 11) is 0. The number of hydrogen-bond acceptors (Lipinski definition) is 2. The normalized spacial score (nSPS) is 10.4. The lowest BCUT2D eigenvalue weighted by atomic mass is 10.1. The van der Waals surface area contributed by atoms with Gasteiger partial charge in [-0.3, -0.25) is 0 Å². The molecule has 0 aromatic heterocycles. The zero-order valence-corrected chi connectivity index (χ0v) is 11.0. The summed E-state index contributed by atoms with van der Waals surface area (Å²) in [5.41, 5.74) is 0. The van der Waals surface area contributed by atoms with E-state index < -0.39 is 12.1 Å². The molecule has 0 aliphatic rings. The summed E-state index contributed by atoms with van der Waals surface area (Å²) in [6.45, 7) is 5.20. The van der Waals surface area contributed by atoms with Gasteiger partial charge in [-0.2, -0.15) is 0 Å². The Morgan fingerprint density at radius 1 is 0.944 bits per heavy atom. The highest BCUT2D eigenvalue weighted by atomic mass is 16.4. The highest BCUT2D eigenvalue weighted by molar-refractivity contribution is 5.82. The van der Waals surface area contributed by atoms with Crippen LogP contribution in [0.4, 0.5) is 0 Å². The van der Waals surface area contributed by atoms with Gasteiger partial charge in [0.15, 0.2) is 0 Å². The molecule has 18 heavy (non-hydrogen) atoms. The van der Waals surface area contributed by atoms with Crippen molar-refractivity contribution in [2.45, 2.75) is 26.9 Å². The van der Waals surface area contributed by atoms with Crippen LogP contribution in [0.15, 0.2) is 48.5 Å². The van der Waals surface area contributed by atoms with Crippen LogP contribution in [0, 0.1) is 0 Å². The van der Waals surface area contributed by atoms with Gasteiger partial charge < -0.3 is 10.2 Å². The van der Waals surface area contributed by atoms with Gasteiger partial charge in [-0.25, -0.2) is 4.79 Å². The Hall–Kier alpha value is -1.87. The minimum Gasteiger partial charge on any atom is -0.479 e. The molecule has 0 saturated heterocycles. The van der Waals surface area contributed by atoms with E-state index in [1.807, 2.05) is 13.8 Å². The topological polar surface area (TPSA) is 57.5 Å². The second kappa shape index (κ2) is 9.19. The minimum atomic E-state index is -1.23. The molecule has 2 aromatic carbocycles. The number of rotatable bonds is 1. The van der Waals surface area contributed by atoms with E-state index in [-0.39, 0.29) is 0 Å². The highest BCUT2D eigenvalue weighted by Gasteiger charge is 2.01. The van der Waals surface area contributed by atoms with E-state index in [4.69, 9.17) is 10.2 Å². The maximum atomic E-state index is 9.45. The molecule has 0 saturated carbocycles. The number of aliphatic hydroxyl groups is 1. The molecule has 3 nitrogen and oxygen atoms in total. The quantitative estimate of drug-likeness (QED) is 0.814. The standard InChI is InChI=1S/C10H8.C3H6O3.C2H6/c1-2-6-10-8-4-3-7-9(10)5-1;1-2(4)3(5)6;1-2/h1-8H;2,4H,1H3,(H,5,6);1-2H3. The number of aliphatic hydroxyl groups excluding tert-OH is 1. The van der Waals surface area contributed by atoms with Crippen LogP contribution in [-0.2, 0) is 4.79 Å². The molecule has 0 spiro atoms. The average Bonchev–Trinajstić information content (AvgIpc) is 2.42. The lowest BCUT2D eigenvalue weighted by Crippen LogP contribution is -2.13. The van der Waals surface area contributed by atoms with E-state index >= 15 is 0 Å². The Kier molecular flexibility index (Phi) is 8.24. The van der Waals surface area contributed by atoms with Crippen LogP contribution in [0.2, 0.25) is 0 Å². The molecular formula is C15H20O3. The van der Waals surface area contributed by atoms with Gasteiger partial charge in [-0.1, -0.05) is 62.4 Å². The molecule has 0 aliphatic heterocycles. The van der Waals surface area contributed by atoms with E-state index in [0.717, 1.165) is 0 Å². The van der Waals surface area contributed by atoms with Crippen molar-refractivity contribution in [1.29, 1.82) is 0 Å². The Labute approximate surface area is 108 Å². The van der Waals surface area contributed by atoms with Crippen LogP contribution in [0.3, 0.4) is 0 Å². The molecule has 0 radical (unpaired) electrons. The molecule has 0 amide bonds. The maximum Gasteiger partial charge on any atom is 0.332 e. The summed E-state index contributed by atoms with van der Waals surface area (Å²) >= 11 is 0. The van der Waals surface area contributed by atoms with Gasteiger partial charge in [0.1, 0.15) is 6.10 Å². The number of hydrogen-bond donors (Lipinski definition) is 2. The molecule has 3 heteroatoms. The molecule has 0 bridgehead atoms. The van der Waals surface area contributed by atoms with E-state index in [0.29, 0.717) is 0 Å². The summed E-state index contributed by atoms with van der Waals surface area (Å²) in [4.78, 5) is 9.45. The number of carbonyl (C=O) groups is 1. The molecule has 2 aromatic rings. The molecule has 2 rings (SSSR count). The van der Waals surface area contributed by atoms with Crippen LogP contribution in [0.1, 0.15) is 20.8 Å². The minimum absolute atomic E-state index is 1.19. The van der Waals surface area contributed by atoms with Crippen molar-refractivity contribution >= 4 is 16.7 Å². The van der Waals surface area contributed by atoms with E-state index in [2.05, 4.69) is 48.5 Å². The van der Waals surface area contributed by atoms with Gasteiger partial charge in [-0.15, -0.1) is 0 Å². The molecule has 0 fully saturated rings. The van der Waals surface area contributed by atoms with E-state index in [1.54, 1.807) is 0 Å². The fourth-order valence-corrected chi connectivity index (χ4v) is 1.13. The lowest BCUT2D eigenvalue weighted by Gasteiger charge is -1.92. The van der Waals surface area contributed by atoms with Crippen molar-refractivity contribution in [3.8, 4) is 0 Å². The summed E-state index contributed by atoms with van der Waals surface area (Å²) in [5.74, 6) is -1.19. The summed E-state index contributed by atoms with van der Waals surface area (Å²) < 4.78 is 0. The second-order valence-electron chi connectivity index (χ2n) is 3.36. The zero-order valence-electron chi connectivity index (χ0n) is 11.0. The zero-order chi connectivity index (χ0) is 14.0. The van der Waals surface area contributed by atoms with Crippen LogP contribution < -0.4 is 0 Å². The van der Waals surface area contributed by atoms with E-state index in [9.17, 15) is 4.79 Å². The van der Waals surface area contributed by atoms with Gasteiger partial charge in [0.2, 0.25) is 0 Å². The first-order chi connectivity index (χ1) is 8.61. The van der Waals surface area contributed by atoms with Crippen molar-refractivity contribution in [1.82, 2.24) is 0 Å². The van der Waals surface area contributed by atoms with Gasteiger partial charge in [0, 0.05) is 0 Å². The predicted molar refractivity (Wildman–Crippen MR) is 74.6 cm³/mol. The van der Waals surface area contributed by atoms with Crippen LogP contribution >= 0.6 is 0 Å². The maximum absolute atomic E-state index is 9.45. The number of fused-ring (bicyclic) bond motifs is 1. The lowest BCUT2D eigenvalue weighted by molar-refractivity contribution is -0.145. The Morgan fingerprint density at radius 2 is 1.17 bits per heavy atom. The molecular weight excluding hydrogens is 228 g/mol. The third-order valence-electron chi connectivity index (χ3n) is 2.02. The molecule has 0 aliphatic carbocycles. The SMILES string of the molecule is CC.CC(O)C(=O)O.c1ccc2ccccc2c1. The van der Waals surface area contributed by atoms with Crippen molar-refractivity contribution < 1.29 is 15.0 Å². The first kappa shape index (κ1) is 16.1. The van der Waals surface area contributed by atoms with Gasteiger partial charge in [0.05, 0.1) is 0 Å². The average molecular weight is 248 g/mol. The van der Waals surface area contributed by atoms with Crippen molar-refractivity contribution in [3.63, 3.8) is 0 Å². The fraction of sp³-hybridized carbons (Fsp3) is 0.267. The highest BCUT2D eigenvalue weighted by Crippen LogP contribution is 2.11. The van der Waals surface area contributed by atoms with Gasteiger partial charge >= 0.3 is 5.97 Å². The Bertz CT molecular complexity index is 399. The summed E-state index contributed by atoms with van der Waals surface area (Å²) in [5, 5.41) is 18.4. The Balaban J connectivity index is 0.000000315. The van der Waals surface area contributed by atoms with Crippen molar-refractivity contribution in [3.05, 3.63) is 48.5 Å². The molecule has 1 unspecified atom stereocenters. The van der Waals surface area contributed by atoms with Gasteiger partial charge in [0.25, 0.3) is 0 Å². The van der Waals surface area contributed by atoms with Crippen LogP contribution in [0.25, 0.3) is 10.8 Å². The molecule has 2 N–H and O–H groups in total. The molecule has 0 heterocycles. The third-order valence-corrected chi connectivity index (χ3v) is 2.02. The first-order valence-corrected chi connectivity index (χ1v) is 5.96. The smallest absolute Gasteiger partial charge is 0.332 e. The second-order valence-corrected chi connectivity index (χ2v) is 3.36. The van der Waals surface area contributed by atoms with E-state index in [1.165, 1.54) is 17.7 Å². The largest absolute Gasteiger partial charge is 0.479 e. The summed E-state index contributed by atoms with van der Waals surface area (Å²) in [6, 6.07) is 16.7. The van der Waals surface area contributed by atoms with Gasteiger partial charge in [-0.05, 0) is 17.7 Å². The number of carboxylic acid groups (broad SMARTS) is 1. The summed E-state index contributed by atoms with van der Waals surface area (Å²) in [6.07, 6.45) is -1.23. The number of aliphatic carboxylic acids is 1. The van der Waals surface area contributed by atoms with Crippen LogP contribution in [0.5, 0.6) is 0 Å². The third kappa shape index (κ3) is 6.01. The molecule has 1 atom stereocenters. The fourth-order valence-electron chi connectivity index (χ4n) is 1.13. The van der Waals surface area contributed by atoms with Crippen molar-refractivity contribution in [2.24, 2.45) is 0 Å².